The molecule has 0 unspecified atom stereocenters. The Morgan fingerprint density at radius 2 is 1.81 bits per heavy atom. The lowest BCUT2D eigenvalue weighted by Crippen LogP contribution is -2.04. The largest absolute Gasteiger partial charge is 0.369 e. The molecule has 21 heavy (non-hydrogen) atoms. The van der Waals surface area contributed by atoms with Gasteiger partial charge in [-0.15, -0.1) is 0 Å². The molecule has 4 nitrogen and oxygen atoms in total. The number of aromatic nitrogens is 3. The number of benzene rings is 2. The van der Waals surface area contributed by atoms with Crippen LogP contribution in [0.4, 0.5) is 5.95 Å². The van der Waals surface area contributed by atoms with Gasteiger partial charge in [0.25, 0.3) is 0 Å². The number of nitrogens with zero attached hydrogens (tertiary/aromatic N) is 3. The van der Waals surface area contributed by atoms with E-state index in [0.717, 1.165) is 28.5 Å². The van der Waals surface area contributed by atoms with Crippen molar-refractivity contribution in [3.05, 3.63) is 66.4 Å². The Morgan fingerprint density at radius 3 is 2.67 bits per heavy atom. The van der Waals surface area contributed by atoms with Crippen LogP contribution in [0, 0.1) is 0 Å². The zero-order valence-electron chi connectivity index (χ0n) is 11.4. The molecule has 0 aliphatic rings. The Labute approximate surface area is 121 Å². The van der Waals surface area contributed by atoms with Crippen molar-refractivity contribution in [3.63, 3.8) is 0 Å². The van der Waals surface area contributed by atoms with Crippen LogP contribution in [-0.4, -0.2) is 14.5 Å². The molecule has 0 spiro atoms. The van der Waals surface area contributed by atoms with E-state index in [1.165, 1.54) is 5.56 Å². The maximum atomic E-state index is 6.12. The van der Waals surface area contributed by atoms with E-state index in [0.29, 0.717) is 5.95 Å². The van der Waals surface area contributed by atoms with Gasteiger partial charge in [0.1, 0.15) is 5.52 Å². The van der Waals surface area contributed by atoms with Crippen molar-refractivity contribution in [3.8, 4) is 0 Å². The normalized spacial score (nSPS) is 11.2. The third-order valence-corrected chi connectivity index (χ3v) is 3.71. The minimum Gasteiger partial charge on any atom is -0.369 e. The van der Waals surface area contributed by atoms with Crippen LogP contribution in [0.25, 0.3) is 21.9 Å². The van der Waals surface area contributed by atoms with Crippen molar-refractivity contribution in [1.82, 2.24) is 14.5 Å². The van der Waals surface area contributed by atoms with Gasteiger partial charge in [-0.3, -0.25) is 4.98 Å². The average Bonchev–Trinajstić information content (AvgIpc) is 2.85. The van der Waals surface area contributed by atoms with Gasteiger partial charge in [-0.25, -0.2) is 4.98 Å². The molecule has 4 aromatic rings. The van der Waals surface area contributed by atoms with Crippen molar-refractivity contribution in [2.75, 3.05) is 5.73 Å². The number of rotatable bonds is 2. The Kier molecular flexibility index (Phi) is 2.60. The van der Waals surface area contributed by atoms with Crippen LogP contribution in [0.1, 0.15) is 5.56 Å². The summed E-state index contributed by atoms with van der Waals surface area (Å²) in [5.74, 6) is 0.533. The molecule has 0 saturated heterocycles. The first kappa shape index (κ1) is 11.9. The van der Waals surface area contributed by atoms with Gasteiger partial charge < -0.3 is 10.3 Å². The minimum atomic E-state index is 0.533. The molecular weight excluding hydrogens is 260 g/mol. The van der Waals surface area contributed by atoms with Gasteiger partial charge in [0.2, 0.25) is 5.95 Å². The molecule has 0 saturated carbocycles. The number of hydrogen-bond acceptors (Lipinski definition) is 3. The Morgan fingerprint density at radius 1 is 0.952 bits per heavy atom. The second-order valence-electron chi connectivity index (χ2n) is 5.05. The number of pyridine rings is 1. The van der Waals surface area contributed by atoms with E-state index in [1.54, 1.807) is 6.20 Å². The van der Waals surface area contributed by atoms with Crippen molar-refractivity contribution >= 4 is 27.9 Å². The van der Waals surface area contributed by atoms with Crippen molar-refractivity contribution < 1.29 is 0 Å². The molecule has 0 fully saturated rings. The summed E-state index contributed by atoms with van der Waals surface area (Å²) in [6, 6.07) is 18.3. The van der Waals surface area contributed by atoms with E-state index in [-0.39, 0.29) is 0 Å². The summed E-state index contributed by atoms with van der Waals surface area (Å²) < 4.78 is 2.04. The minimum absolute atomic E-state index is 0.533. The first-order chi connectivity index (χ1) is 10.3. The number of nitrogen functional groups attached to an aromatic ring is 1. The smallest absolute Gasteiger partial charge is 0.201 e. The van der Waals surface area contributed by atoms with E-state index in [9.17, 15) is 0 Å². The Balaban J connectivity index is 1.93. The molecule has 4 rings (SSSR count). The molecule has 0 bridgehead atoms. The summed E-state index contributed by atoms with van der Waals surface area (Å²) in [6.07, 6.45) is 1.79. The van der Waals surface area contributed by atoms with Crippen LogP contribution in [-0.2, 0) is 6.54 Å². The molecule has 2 aromatic heterocycles. The highest BCUT2D eigenvalue weighted by molar-refractivity contribution is 6.03. The molecule has 0 aliphatic carbocycles. The monoisotopic (exact) mass is 274 g/mol. The van der Waals surface area contributed by atoms with Crippen LogP contribution < -0.4 is 5.73 Å². The SMILES string of the molecule is Nc1nc2c3cccnc3ccc2n1Cc1ccccc1. The molecule has 0 aliphatic heterocycles. The Hall–Kier alpha value is -2.88. The average molecular weight is 274 g/mol. The van der Waals surface area contributed by atoms with E-state index < -0.39 is 0 Å². The summed E-state index contributed by atoms with van der Waals surface area (Å²) in [7, 11) is 0. The van der Waals surface area contributed by atoms with Crippen LogP contribution in [0.3, 0.4) is 0 Å². The highest BCUT2D eigenvalue weighted by Gasteiger charge is 2.11. The lowest BCUT2D eigenvalue weighted by molar-refractivity contribution is 0.838. The third-order valence-electron chi connectivity index (χ3n) is 3.71. The molecule has 4 heteroatoms. The van der Waals surface area contributed by atoms with Crippen molar-refractivity contribution in [2.45, 2.75) is 6.54 Å². The first-order valence-electron chi connectivity index (χ1n) is 6.86. The lowest BCUT2D eigenvalue weighted by atomic mass is 10.2. The third kappa shape index (κ3) is 1.92. The summed E-state index contributed by atoms with van der Waals surface area (Å²) in [5, 5.41) is 1.04. The number of fused-ring (bicyclic) bond motifs is 3. The van der Waals surface area contributed by atoms with Gasteiger partial charge in [0, 0.05) is 11.6 Å². The number of nitrogens with two attached hydrogens (primary N) is 1. The van der Waals surface area contributed by atoms with Gasteiger partial charge in [0.15, 0.2) is 0 Å². The molecule has 2 aromatic carbocycles. The van der Waals surface area contributed by atoms with E-state index in [4.69, 9.17) is 5.73 Å². The maximum Gasteiger partial charge on any atom is 0.201 e. The second-order valence-corrected chi connectivity index (χ2v) is 5.05. The summed E-state index contributed by atoms with van der Waals surface area (Å²) >= 11 is 0. The fourth-order valence-corrected chi connectivity index (χ4v) is 2.69. The number of hydrogen-bond donors (Lipinski definition) is 1. The van der Waals surface area contributed by atoms with Crippen LogP contribution in [0.2, 0.25) is 0 Å². The highest BCUT2D eigenvalue weighted by Crippen LogP contribution is 2.26. The zero-order chi connectivity index (χ0) is 14.2. The lowest BCUT2D eigenvalue weighted by Gasteiger charge is -2.06. The number of imidazole rings is 1. The summed E-state index contributed by atoms with van der Waals surface area (Å²) in [5.41, 5.74) is 10.2. The predicted octanol–water partition coefficient (Wildman–Crippen LogP) is 3.22. The molecular formula is C17H14N4. The van der Waals surface area contributed by atoms with Crippen LogP contribution >= 0.6 is 0 Å². The molecule has 102 valence electrons. The fraction of sp³-hybridized carbons (Fsp3) is 0.0588. The predicted molar refractivity (Wildman–Crippen MR) is 85.0 cm³/mol. The van der Waals surface area contributed by atoms with Crippen molar-refractivity contribution in [1.29, 1.82) is 0 Å². The summed E-state index contributed by atoms with van der Waals surface area (Å²) in [4.78, 5) is 8.90. The number of anilines is 1. The highest BCUT2D eigenvalue weighted by atomic mass is 15.1. The van der Waals surface area contributed by atoms with Gasteiger partial charge in [-0.1, -0.05) is 30.3 Å². The topological polar surface area (TPSA) is 56.7 Å². The van der Waals surface area contributed by atoms with Crippen LogP contribution in [0.15, 0.2) is 60.8 Å². The molecule has 2 N–H and O–H groups in total. The zero-order valence-corrected chi connectivity index (χ0v) is 11.4. The van der Waals surface area contributed by atoms with Gasteiger partial charge >= 0.3 is 0 Å². The molecule has 2 heterocycles. The fourth-order valence-electron chi connectivity index (χ4n) is 2.69. The maximum absolute atomic E-state index is 6.12. The van der Waals surface area contributed by atoms with Gasteiger partial charge in [-0.2, -0.15) is 0 Å². The van der Waals surface area contributed by atoms with Gasteiger partial charge in [-0.05, 0) is 29.8 Å². The Bertz CT molecular complexity index is 925. The standard InChI is InChI=1S/C17H14N4/c18-17-20-16-13-7-4-10-19-14(13)8-9-15(16)21(17)11-12-5-2-1-3-6-12/h1-10H,11H2,(H2,18,20). The molecule has 0 amide bonds. The van der Waals surface area contributed by atoms with Crippen LogP contribution in [0.5, 0.6) is 0 Å². The van der Waals surface area contributed by atoms with E-state index in [2.05, 4.69) is 22.1 Å². The van der Waals surface area contributed by atoms with E-state index in [1.807, 2.05) is 47.0 Å². The second kappa shape index (κ2) is 4.59. The van der Waals surface area contributed by atoms with Gasteiger partial charge in [0.05, 0.1) is 17.6 Å². The summed E-state index contributed by atoms with van der Waals surface area (Å²) in [6.45, 7) is 0.717. The van der Waals surface area contributed by atoms with Crippen molar-refractivity contribution in [2.24, 2.45) is 0 Å². The molecule has 0 atom stereocenters. The quantitative estimate of drug-likeness (QED) is 0.610. The molecule has 0 radical (unpaired) electrons. The van der Waals surface area contributed by atoms with E-state index >= 15 is 0 Å². The first-order valence-corrected chi connectivity index (χ1v) is 6.86.